The summed E-state index contributed by atoms with van der Waals surface area (Å²) in [6.45, 7) is 7.51. The number of amides is 1. The Balaban J connectivity index is 0.000000192. The number of methoxy groups -OCH3 is 4. The maximum Gasteiger partial charge on any atom is 0.498 e. The minimum absolute atomic E-state index is 0.0382. The highest BCUT2D eigenvalue weighted by Gasteiger charge is 2.52. The highest BCUT2D eigenvalue weighted by Crippen LogP contribution is 2.38. The van der Waals surface area contributed by atoms with Gasteiger partial charge in [0.15, 0.2) is 35.9 Å². The molecule has 1 saturated heterocycles. The van der Waals surface area contributed by atoms with Crippen LogP contribution in [0.4, 0.5) is 29.0 Å². The van der Waals surface area contributed by atoms with Crippen LogP contribution in [0.3, 0.4) is 0 Å². The Labute approximate surface area is 666 Å². The number of nitrogens with one attached hydrogen (secondary N) is 1. The number of fused-ring (bicyclic) bond motifs is 3. The highest BCUT2D eigenvalue weighted by atomic mass is 79.9. The van der Waals surface area contributed by atoms with Crippen LogP contribution in [0.1, 0.15) is 38.1 Å². The standard InChI is InChI=1S/C19H11Cl2N3O2.C12H8ClN3O.C10H16BN3O2.C7H3BrClNO.C7H7BrClNO.C6H5BrClNO.C4H10O3.BBr3/c20-14-4-2-1-3-12(14)19(25)24-18-6-5-11(9-22-18)13-7-17-16(8-15(13)21)23-10-26-17;13-9-4-10-11(17-6-16-10)3-8(9)7-1-2-12(14)15-5-7;1-9(2)10(3,4)16-11(15-9)7-5-13-8(12)14-6-7;8-4-1-7-6(2-5(4)9)10-3-11-7;1-11-7-2-4(8)5(9)3-6(7)10;7-3-1-6(10)5(9)2-4(3)8;1-5-4(6-2)7-3;2-1(3)4/h1-10H,(H,22,24,25);1-6H,(H2,14,15);5-6H,1-4H3,(H2,12,13,14);1-3H;2-3H,10H2,1H3;1-2,10H,9H2;4H,1-3H3;. The number of anilines is 5. The van der Waals surface area contributed by atoms with Crippen molar-refractivity contribution >= 4 is 249 Å². The van der Waals surface area contributed by atoms with E-state index in [9.17, 15) is 4.79 Å². The van der Waals surface area contributed by atoms with Crippen molar-refractivity contribution in [2.45, 2.75) is 45.4 Å². The first kappa shape index (κ1) is 84.9. The summed E-state index contributed by atoms with van der Waals surface area (Å²) in [6.07, 6.45) is 10.7. The summed E-state index contributed by atoms with van der Waals surface area (Å²) < 4.78 is 48.6. The number of carbonyl (C=O) groups is 1. The van der Waals surface area contributed by atoms with Gasteiger partial charge < -0.3 is 74.9 Å². The lowest BCUT2D eigenvalue weighted by atomic mass is 9.81. The molecule has 102 heavy (non-hydrogen) atoms. The first-order chi connectivity index (χ1) is 48.3. The average Bonchev–Trinajstić information content (AvgIpc) is 1.46. The van der Waals surface area contributed by atoms with E-state index in [1.807, 2.05) is 52.0 Å². The third-order valence-corrected chi connectivity index (χ3v) is 18.4. The van der Waals surface area contributed by atoms with E-state index in [4.69, 9.17) is 125 Å². The van der Waals surface area contributed by atoms with E-state index in [-0.39, 0.29) is 37.7 Å². The number of nitrogen functional groups attached to an aromatic ring is 4. The van der Waals surface area contributed by atoms with Crippen molar-refractivity contribution in [2.24, 2.45) is 0 Å². The molecule has 6 aromatic heterocycles. The summed E-state index contributed by atoms with van der Waals surface area (Å²) >= 11 is 54.8. The summed E-state index contributed by atoms with van der Waals surface area (Å²) in [5.74, 6) is 1.48. The number of hydrogen-bond donors (Lipinski definition) is 6. The third kappa shape index (κ3) is 25.1. The molecule has 1 amide bonds. The number of ether oxygens (including phenoxy) is 4. The second-order valence-electron chi connectivity index (χ2n) is 21.3. The summed E-state index contributed by atoms with van der Waals surface area (Å²) in [5, 5.41) is 15.0. The molecule has 12 aromatic rings. The molecule has 6 aromatic carbocycles. The molecular formula is C65H60B2Br6Cl6N12O11. The number of nitrogens with zero attached hydrogens (tertiary/aromatic N) is 7. The fraction of sp³-hybridized carbons (Fsp3) is 0.169. The van der Waals surface area contributed by atoms with E-state index in [1.54, 1.807) is 105 Å². The second-order valence-corrected chi connectivity index (χ2v) is 32.7. The van der Waals surface area contributed by atoms with Crippen LogP contribution in [0.25, 0.3) is 55.6 Å². The number of phenolic OH excluding ortho intramolecular Hbond substituents is 1. The van der Waals surface area contributed by atoms with Crippen LogP contribution >= 0.6 is 165 Å². The lowest BCUT2D eigenvalue weighted by Gasteiger charge is -2.32. The maximum atomic E-state index is 12.3. The minimum atomic E-state index is -0.514. The van der Waals surface area contributed by atoms with Crippen LogP contribution in [0, 0.1) is 0 Å². The quantitative estimate of drug-likeness (QED) is 0.0338. The molecule has 13 rings (SSSR count). The topological polar surface area (TPSA) is 338 Å². The van der Waals surface area contributed by atoms with Gasteiger partial charge >= 0.3 is 10.3 Å². The van der Waals surface area contributed by atoms with Gasteiger partial charge in [-0.3, -0.25) is 4.79 Å². The molecule has 0 radical (unpaired) electrons. The van der Waals surface area contributed by atoms with Crippen molar-refractivity contribution in [3.05, 3.63) is 202 Å². The van der Waals surface area contributed by atoms with Gasteiger partial charge in [0, 0.05) is 87.3 Å². The third-order valence-electron chi connectivity index (χ3n) is 13.9. The smallest absolute Gasteiger partial charge is 0.498 e. The van der Waals surface area contributed by atoms with Crippen LogP contribution < -0.4 is 38.5 Å². The van der Waals surface area contributed by atoms with Crippen LogP contribution in [0.2, 0.25) is 30.1 Å². The predicted molar refractivity (Wildman–Crippen MR) is 430 cm³/mol. The molecule has 37 heteroatoms. The van der Waals surface area contributed by atoms with Gasteiger partial charge in [-0.15, -0.1) is 47.3 Å². The van der Waals surface area contributed by atoms with Crippen LogP contribution in [0.15, 0.2) is 180 Å². The fourth-order valence-electron chi connectivity index (χ4n) is 8.08. The number of benzene rings is 6. The summed E-state index contributed by atoms with van der Waals surface area (Å²) in [6, 6.07) is 31.0. The molecule has 0 bridgehead atoms. The average molecular weight is 1900 g/mol. The number of nitrogens with two attached hydrogens (primary N) is 4. The van der Waals surface area contributed by atoms with E-state index >= 15 is 0 Å². The molecule has 0 saturated carbocycles. The lowest BCUT2D eigenvalue weighted by Crippen LogP contribution is -2.41. The van der Waals surface area contributed by atoms with Crippen molar-refractivity contribution in [2.75, 3.05) is 56.7 Å². The monoisotopic (exact) mass is 1890 g/mol. The Morgan fingerprint density at radius 1 is 0.539 bits per heavy atom. The molecule has 0 aliphatic carbocycles. The van der Waals surface area contributed by atoms with Gasteiger partial charge in [0.1, 0.15) is 39.7 Å². The maximum absolute atomic E-state index is 12.3. The molecule has 23 nitrogen and oxygen atoms in total. The number of aromatic nitrogens is 7. The predicted octanol–water partition coefficient (Wildman–Crippen LogP) is 19.6. The number of hydrogen-bond acceptors (Lipinski definition) is 22. The Hall–Kier alpha value is -6.07. The van der Waals surface area contributed by atoms with E-state index in [1.165, 1.54) is 52.6 Å². The van der Waals surface area contributed by atoms with Gasteiger partial charge in [-0.1, -0.05) is 81.7 Å². The molecule has 0 atom stereocenters. The number of pyridine rings is 2. The van der Waals surface area contributed by atoms with Gasteiger partial charge in [-0.25, -0.2) is 34.9 Å². The second kappa shape index (κ2) is 40.4. The van der Waals surface area contributed by atoms with Crippen LogP contribution in [-0.4, -0.2) is 102 Å². The Bertz CT molecular complexity index is 4610. The number of oxazole rings is 3. The van der Waals surface area contributed by atoms with Gasteiger partial charge in [0.2, 0.25) is 5.95 Å². The Morgan fingerprint density at radius 2 is 0.980 bits per heavy atom. The van der Waals surface area contributed by atoms with E-state index in [0.717, 1.165) is 53.3 Å². The molecule has 0 spiro atoms. The largest absolute Gasteiger partial charge is 0.506 e. The highest BCUT2D eigenvalue weighted by molar-refractivity contribution is 9.69. The molecule has 1 fully saturated rings. The summed E-state index contributed by atoms with van der Waals surface area (Å²) in [4.78, 5) is 40.5. The first-order valence-electron chi connectivity index (χ1n) is 28.9. The number of carbonyl (C=O) groups excluding carboxylic acids is 1. The minimum Gasteiger partial charge on any atom is -0.506 e. The lowest BCUT2D eigenvalue weighted by molar-refractivity contribution is -0.252. The van der Waals surface area contributed by atoms with Crippen molar-refractivity contribution in [1.82, 2.24) is 34.9 Å². The number of phenols is 1. The first-order valence-corrected chi connectivity index (χ1v) is 36.3. The van der Waals surface area contributed by atoms with E-state index in [0.29, 0.717) is 79.9 Å². The number of aromatic hydroxyl groups is 1. The Kier molecular flexibility index (Phi) is 33.6. The summed E-state index contributed by atoms with van der Waals surface area (Å²) in [5.41, 5.74) is 30.8. The fourth-order valence-corrected chi connectivity index (χ4v) is 10.3. The molecule has 1 aliphatic heterocycles. The molecular weight excluding hydrogens is 1840 g/mol. The normalized spacial score (nSPS) is 12.2. The van der Waals surface area contributed by atoms with Gasteiger partial charge in [-0.2, -0.15) is 0 Å². The van der Waals surface area contributed by atoms with E-state index in [2.05, 4.69) is 149 Å². The molecule has 10 N–H and O–H groups in total. The molecule has 7 heterocycles. The number of halogens is 12. The van der Waals surface area contributed by atoms with Crippen LogP contribution in [-0.2, 0) is 23.5 Å². The van der Waals surface area contributed by atoms with Crippen molar-refractivity contribution in [3.63, 3.8) is 0 Å². The molecule has 536 valence electrons. The van der Waals surface area contributed by atoms with Crippen molar-refractivity contribution < 1.29 is 51.4 Å². The SMILES string of the molecule is BrB(Br)Br.CC1(C)OB(c2cnc(N)nc2)OC1(C)C.COC(OC)OC.COc1cc(Br)c(Cl)cc1N.Clc1cc2ncoc2cc1Br.Nc1cc(Cl)c(Br)cc1O.Nc1ccc(-c2cc3ocnc3cc2Cl)cn1.O=C(Nc1ccc(-c2cc3ocnc3cc2Cl)cn1)c1ccccc1Cl. The number of rotatable bonds is 9. The van der Waals surface area contributed by atoms with Crippen LogP contribution in [0.5, 0.6) is 11.5 Å². The molecule has 1 aliphatic rings. The van der Waals surface area contributed by atoms with Crippen molar-refractivity contribution in [1.29, 1.82) is 0 Å². The van der Waals surface area contributed by atoms with Crippen molar-refractivity contribution in [3.8, 4) is 33.8 Å². The van der Waals surface area contributed by atoms with Gasteiger partial charge in [0.05, 0.1) is 65.4 Å². The zero-order chi connectivity index (χ0) is 75.2. The summed E-state index contributed by atoms with van der Waals surface area (Å²) in [7, 11) is 5.67. The van der Waals surface area contributed by atoms with Gasteiger partial charge in [0.25, 0.3) is 12.4 Å². The van der Waals surface area contributed by atoms with Gasteiger partial charge in [-0.05, 0) is 173 Å². The zero-order valence-electron chi connectivity index (χ0n) is 54.7. The molecule has 0 unspecified atom stereocenters. The zero-order valence-corrected chi connectivity index (χ0v) is 68.7. The Morgan fingerprint density at radius 3 is 1.42 bits per heavy atom. The van der Waals surface area contributed by atoms with E-state index < -0.39 is 13.6 Å².